The molecule has 0 saturated carbocycles. The Bertz CT molecular complexity index is 1850. The Labute approximate surface area is 332 Å². The molecule has 302 valence electrons. The van der Waals surface area contributed by atoms with Gasteiger partial charge in [0.2, 0.25) is 0 Å². The molecule has 2 aliphatic rings. The molecule has 13 nitrogen and oxygen atoms in total. The second kappa shape index (κ2) is 15.9. The van der Waals surface area contributed by atoms with Gasteiger partial charge in [0.1, 0.15) is 29.5 Å². The van der Waals surface area contributed by atoms with Gasteiger partial charge in [-0.25, -0.2) is 19.6 Å². The van der Waals surface area contributed by atoms with E-state index in [9.17, 15) is 9.59 Å². The molecule has 0 aliphatic carbocycles. The molecule has 55 heavy (non-hydrogen) atoms. The molecule has 2 saturated heterocycles. The number of rotatable bonds is 10. The lowest BCUT2D eigenvalue weighted by Gasteiger charge is -2.54. The van der Waals surface area contributed by atoms with Crippen LogP contribution in [0, 0.1) is 26.2 Å². The van der Waals surface area contributed by atoms with Gasteiger partial charge in [0.15, 0.2) is 14.1 Å². The summed E-state index contributed by atoms with van der Waals surface area (Å²) >= 11 is 6.91. The number of hydrogen-bond donors (Lipinski definition) is 0. The average molecular weight is 799 g/mol. The fourth-order valence-electron chi connectivity index (χ4n) is 6.91. The highest BCUT2D eigenvalue weighted by molar-refractivity contribution is 6.74. The molecule has 4 heterocycles. The van der Waals surface area contributed by atoms with Crippen molar-refractivity contribution in [3.63, 3.8) is 0 Å². The lowest BCUT2D eigenvalue weighted by molar-refractivity contribution is 0.0172. The first-order chi connectivity index (χ1) is 25.5. The van der Waals surface area contributed by atoms with Crippen molar-refractivity contribution in [2.45, 2.75) is 105 Å². The largest absolute Gasteiger partial charge is 0.491 e. The number of hydrogen-bond acceptors (Lipinski definition) is 11. The number of anilines is 1. The number of benzene rings is 1. The number of nitrogens with zero attached hydrogens (tertiary/aromatic N) is 6. The maximum absolute atomic E-state index is 12.9. The van der Waals surface area contributed by atoms with Gasteiger partial charge in [-0.2, -0.15) is 0 Å². The molecule has 3 aromatic rings. The average Bonchev–Trinajstić information content (AvgIpc) is 3.42. The summed E-state index contributed by atoms with van der Waals surface area (Å²) in [7, 11) is 0.881. The van der Waals surface area contributed by atoms with Crippen LogP contribution in [0.4, 0.5) is 15.4 Å². The fourth-order valence-corrected chi connectivity index (χ4v) is 8.44. The highest BCUT2D eigenvalue weighted by atomic mass is 35.5. The van der Waals surface area contributed by atoms with Crippen LogP contribution in [0.1, 0.15) is 71.4 Å². The number of carbonyl (C=O) groups is 2. The molecule has 1 atom stereocenters. The maximum atomic E-state index is 12.9. The van der Waals surface area contributed by atoms with Crippen molar-refractivity contribution in [1.29, 1.82) is 0 Å². The van der Waals surface area contributed by atoms with Crippen molar-refractivity contribution in [2.75, 3.05) is 58.4 Å². The summed E-state index contributed by atoms with van der Waals surface area (Å²) in [6.07, 6.45) is 0.660. The summed E-state index contributed by atoms with van der Waals surface area (Å²) in [6, 6.07) is 5.46. The monoisotopic (exact) mass is 798 g/mol. The van der Waals surface area contributed by atoms with E-state index in [1.165, 1.54) is 7.11 Å². The van der Waals surface area contributed by atoms with Crippen LogP contribution in [0.2, 0.25) is 23.2 Å². The topological polar surface area (TPSA) is 133 Å². The zero-order valence-corrected chi connectivity index (χ0v) is 36.6. The molecule has 1 spiro atoms. The summed E-state index contributed by atoms with van der Waals surface area (Å²) in [5.74, 6) is 2.49. The van der Waals surface area contributed by atoms with Gasteiger partial charge in [0.05, 0.1) is 41.7 Å². The molecule has 0 unspecified atom stereocenters. The Morgan fingerprint density at radius 2 is 1.71 bits per heavy atom. The van der Waals surface area contributed by atoms with Crippen molar-refractivity contribution >= 4 is 37.9 Å². The minimum Gasteiger partial charge on any atom is -0.491 e. The Morgan fingerprint density at radius 1 is 1.05 bits per heavy atom. The second-order valence-corrected chi connectivity index (χ2v) is 22.8. The first kappa shape index (κ1) is 42.3. The van der Waals surface area contributed by atoms with Gasteiger partial charge in [-0.3, -0.25) is 0 Å². The highest BCUT2D eigenvalue weighted by Crippen LogP contribution is 2.45. The van der Waals surface area contributed by atoms with Gasteiger partial charge < -0.3 is 37.9 Å². The minimum absolute atomic E-state index is 0.0565. The highest BCUT2D eigenvalue weighted by Gasteiger charge is 2.47. The molecule has 0 N–H and O–H groups in total. The lowest BCUT2D eigenvalue weighted by atomic mass is 9.72. The molecule has 2 aromatic heterocycles. The van der Waals surface area contributed by atoms with Crippen molar-refractivity contribution in [3.8, 4) is 28.4 Å². The molecule has 2 fully saturated rings. The number of ether oxygens (including phenoxy) is 3. The summed E-state index contributed by atoms with van der Waals surface area (Å²) < 4.78 is 29.4. The third-order valence-electron chi connectivity index (χ3n) is 11.1. The van der Waals surface area contributed by atoms with E-state index in [-0.39, 0.29) is 29.7 Å². The fraction of sp³-hybridized carbons (Fsp3) is 0.625. The van der Waals surface area contributed by atoms with E-state index in [2.05, 4.69) is 43.9 Å². The molecule has 1 aromatic carbocycles. The summed E-state index contributed by atoms with van der Waals surface area (Å²) in [5.41, 5.74) is 3.30. The van der Waals surface area contributed by atoms with Crippen molar-refractivity contribution < 1.29 is 32.7 Å². The number of likely N-dealkylation sites (N-methyl/N-ethyl adjacent to an activating group) is 1. The first-order valence-electron chi connectivity index (χ1n) is 19.0. The number of carbonyl (C=O) groups excluding carboxylic acids is 2. The number of amides is 2. The third kappa shape index (κ3) is 9.57. The first-order valence-corrected chi connectivity index (χ1v) is 22.3. The van der Waals surface area contributed by atoms with E-state index in [1.807, 2.05) is 53.7 Å². The van der Waals surface area contributed by atoms with E-state index in [1.54, 1.807) is 22.9 Å². The summed E-state index contributed by atoms with van der Waals surface area (Å²) in [4.78, 5) is 40.9. The SMILES string of the molecule is COC(=O)N1CCC2(CC1)CN(c1nc(-c3cc(OC[C@@H](CN(C)C(=O)OC(C)(C)C)O[Si](C)(C)C(C)(C)C)ccc3Cl)nc(-c3c(C)noc3C)c1C)C2. The standard InChI is InChI=1S/C40H59ClN6O7Si/c1-25-33(32-26(2)44-53-27(32)3)42-34(43-35(25)47-23-40(24-47)16-18-46(19-17-40)37(49)50-11)30-20-28(14-15-31(30)41)51-22-29(54-55(12,13)39(7,8)9)21-45(10)36(48)52-38(4,5)6/h14-15,20,29H,16-19,21-24H2,1-13H3/t29-/m1/s1. The number of piperidine rings is 1. The van der Waals surface area contributed by atoms with Gasteiger partial charge in [-0.15, -0.1) is 0 Å². The predicted molar refractivity (Wildman–Crippen MR) is 216 cm³/mol. The van der Waals surface area contributed by atoms with Crippen LogP contribution in [0.25, 0.3) is 22.6 Å². The smallest absolute Gasteiger partial charge is 0.410 e. The van der Waals surface area contributed by atoms with Crippen LogP contribution >= 0.6 is 11.6 Å². The number of aryl methyl sites for hydroxylation is 2. The van der Waals surface area contributed by atoms with Crippen LogP contribution in [0.5, 0.6) is 5.75 Å². The Kier molecular flexibility index (Phi) is 12.2. The van der Waals surface area contributed by atoms with Gasteiger partial charge in [0.25, 0.3) is 0 Å². The summed E-state index contributed by atoms with van der Waals surface area (Å²) in [5, 5.41) is 4.64. The van der Waals surface area contributed by atoms with Crippen LogP contribution in [0.15, 0.2) is 22.7 Å². The number of likely N-dealkylation sites (tertiary alicyclic amines) is 1. The molecular weight excluding hydrogens is 740 g/mol. The Balaban J connectivity index is 1.44. The maximum Gasteiger partial charge on any atom is 0.410 e. The van der Waals surface area contributed by atoms with Crippen molar-refractivity contribution in [1.82, 2.24) is 24.9 Å². The second-order valence-electron chi connectivity index (χ2n) is 17.7. The molecule has 15 heteroatoms. The Hall–Kier alpha value is -3.88. The van der Waals surface area contributed by atoms with Gasteiger partial charge in [-0.05, 0) is 90.7 Å². The molecule has 0 bridgehead atoms. The Morgan fingerprint density at radius 3 is 2.27 bits per heavy atom. The van der Waals surface area contributed by atoms with Crippen molar-refractivity contribution in [3.05, 3.63) is 40.2 Å². The predicted octanol–water partition coefficient (Wildman–Crippen LogP) is 8.68. The van der Waals surface area contributed by atoms with E-state index >= 15 is 0 Å². The van der Waals surface area contributed by atoms with E-state index in [0.29, 0.717) is 41.0 Å². The zero-order chi connectivity index (χ0) is 40.7. The zero-order valence-electron chi connectivity index (χ0n) is 34.9. The van der Waals surface area contributed by atoms with E-state index < -0.39 is 26.1 Å². The van der Waals surface area contributed by atoms with E-state index in [4.69, 9.17) is 44.7 Å². The number of methoxy groups -OCH3 is 1. The van der Waals surface area contributed by atoms with Gasteiger partial charge in [0, 0.05) is 49.8 Å². The van der Waals surface area contributed by atoms with Gasteiger partial charge in [-0.1, -0.05) is 37.5 Å². The number of aromatic nitrogens is 3. The van der Waals surface area contributed by atoms with Crippen LogP contribution in [-0.2, 0) is 13.9 Å². The van der Waals surface area contributed by atoms with Crippen LogP contribution < -0.4 is 9.64 Å². The minimum atomic E-state index is -2.26. The molecular formula is C40H59ClN6O7Si. The molecule has 0 radical (unpaired) electrons. The molecule has 2 aliphatic heterocycles. The summed E-state index contributed by atoms with van der Waals surface area (Å²) in [6.45, 7) is 25.7. The normalized spacial score (nSPS) is 16.5. The number of halogens is 1. The van der Waals surface area contributed by atoms with Crippen LogP contribution in [-0.4, -0.2) is 111 Å². The third-order valence-corrected chi connectivity index (χ3v) is 15.9. The molecule has 2 amide bonds. The van der Waals surface area contributed by atoms with Crippen LogP contribution in [0.3, 0.4) is 0 Å². The van der Waals surface area contributed by atoms with E-state index in [0.717, 1.165) is 54.3 Å². The van der Waals surface area contributed by atoms with Crippen molar-refractivity contribution in [2.24, 2.45) is 5.41 Å². The quantitative estimate of drug-likeness (QED) is 0.183. The van der Waals surface area contributed by atoms with Gasteiger partial charge >= 0.3 is 12.2 Å². The molecule has 5 rings (SSSR count). The lowest BCUT2D eigenvalue weighted by Crippen LogP contribution is -2.61.